The van der Waals surface area contributed by atoms with Crippen molar-refractivity contribution >= 4 is 23.4 Å². The lowest BCUT2D eigenvalue weighted by Crippen LogP contribution is -2.27. The van der Waals surface area contributed by atoms with E-state index in [9.17, 15) is 22.8 Å². The van der Waals surface area contributed by atoms with Crippen LogP contribution in [0.5, 0.6) is 0 Å². The minimum absolute atomic E-state index is 0.0497. The number of hydrogen-bond donors (Lipinski definition) is 1. The van der Waals surface area contributed by atoms with Gasteiger partial charge in [-0.05, 0) is 30.7 Å². The minimum Gasteiger partial charge on any atom is -0.326 e. The van der Waals surface area contributed by atoms with Crippen LogP contribution in [0, 0.1) is 0 Å². The quantitative estimate of drug-likeness (QED) is 0.821. The largest absolute Gasteiger partial charge is 0.416 e. The first-order valence-corrected chi connectivity index (χ1v) is 8.99. The number of carbonyl (C=O) groups is 1. The van der Waals surface area contributed by atoms with Crippen LogP contribution in [0.25, 0.3) is 0 Å². The third-order valence-corrected chi connectivity index (χ3v) is 5.12. The van der Waals surface area contributed by atoms with Crippen molar-refractivity contribution in [2.24, 2.45) is 0 Å². The fraction of sp³-hybridized carbons (Fsp3) is 0.353. The second-order valence-corrected chi connectivity index (χ2v) is 6.87. The summed E-state index contributed by atoms with van der Waals surface area (Å²) in [6.07, 6.45) is -3.71. The van der Waals surface area contributed by atoms with Crippen LogP contribution in [0.4, 0.5) is 18.9 Å². The Morgan fingerprint density at radius 2 is 2.04 bits per heavy atom. The van der Waals surface area contributed by atoms with E-state index in [1.54, 1.807) is 0 Å². The number of thioether (sulfide) groups is 1. The molecule has 26 heavy (non-hydrogen) atoms. The maximum absolute atomic E-state index is 12.6. The fourth-order valence-electron chi connectivity index (χ4n) is 2.70. The van der Waals surface area contributed by atoms with Gasteiger partial charge in [-0.1, -0.05) is 18.7 Å². The number of aromatic nitrogens is 2. The Kier molecular flexibility index (Phi) is 5.08. The van der Waals surface area contributed by atoms with E-state index < -0.39 is 11.7 Å². The van der Waals surface area contributed by atoms with Crippen LogP contribution in [0.15, 0.2) is 40.3 Å². The van der Waals surface area contributed by atoms with Crippen molar-refractivity contribution in [2.75, 3.05) is 11.1 Å². The van der Waals surface area contributed by atoms with Crippen molar-refractivity contribution in [3.8, 4) is 0 Å². The molecule has 0 saturated carbocycles. The van der Waals surface area contributed by atoms with E-state index in [4.69, 9.17) is 0 Å². The second kappa shape index (κ2) is 7.14. The van der Waals surface area contributed by atoms with Crippen LogP contribution in [0.2, 0.25) is 0 Å². The molecule has 1 aromatic carbocycles. The molecule has 1 amide bonds. The molecule has 138 valence electrons. The van der Waals surface area contributed by atoms with E-state index in [1.165, 1.54) is 34.5 Å². The average Bonchev–Trinajstić information content (AvgIpc) is 2.97. The van der Waals surface area contributed by atoms with Gasteiger partial charge in [0.25, 0.3) is 5.56 Å². The summed E-state index contributed by atoms with van der Waals surface area (Å²) in [6.45, 7) is 1.91. The molecule has 1 aromatic heterocycles. The average molecular weight is 383 g/mol. The summed E-state index contributed by atoms with van der Waals surface area (Å²) in [7, 11) is 0. The number of fused-ring (bicyclic) bond motifs is 1. The number of rotatable bonds is 4. The number of nitrogens with one attached hydrogen (secondary N) is 1. The Balaban J connectivity index is 1.68. The molecule has 1 N–H and O–H groups in total. The number of halogens is 3. The van der Waals surface area contributed by atoms with Crippen molar-refractivity contribution in [2.45, 2.75) is 37.1 Å². The zero-order valence-corrected chi connectivity index (χ0v) is 14.7. The Hall–Kier alpha value is -2.29. The van der Waals surface area contributed by atoms with Gasteiger partial charge in [0.1, 0.15) is 0 Å². The highest BCUT2D eigenvalue weighted by Gasteiger charge is 2.30. The summed E-state index contributed by atoms with van der Waals surface area (Å²) >= 11 is 1.42. The minimum atomic E-state index is -4.42. The van der Waals surface area contributed by atoms with E-state index in [0.29, 0.717) is 23.0 Å². The molecule has 1 unspecified atom stereocenters. The predicted molar refractivity (Wildman–Crippen MR) is 92.3 cm³/mol. The number of anilines is 1. The lowest BCUT2D eigenvalue weighted by Gasteiger charge is -2.14. The number of nitrogens with zero attached hydrogens (tertiary/aromatic N) is 2. The molecular formula is C17H16F3N3O2S. The lowest BCUT2D eigenvalue weighted by molar-refractivity contribution is -0.137. The van der Waals surface area contributed by atoms with E-state index in [2.05, 4.69) is 10.3 Å². The first-order valence-electron chi connectivity index (χ1n) is 8.00. The molecule has 1 aliphatic heterocycles. The molecule has 0 bridgehead atoms. The maximum Gasteiger partial charge on any atom is 0.416 e. The normalized spacial score (nSPS) is 16.4. The molecule has 0 fully saturated rings. The molecule has 1 atom stereocenters. The Morgan fingerprint density at radius 1 is 1.35 bits per heavy atom. The third kappa shape index (κ3) is 3.92. The molecule has 0 saturated heterocycles. The van der Waals surface area contributed by atoms with Gasteiger partial charge in [0, 0.05) is 29.6 Å². The van der Waals surface area contributed by atoms with Gasteiger partial charge in [-0.3, -0.25) is 14.2 Å². The van der Waals surface area contributed by atoms with Gasteiger partial charge in [0.15, 0.2) is 5.16 Å². The van der Waals surface area contributed by atoms with Gasteiger partial charge in [0.2, 0.25) is 5.91 Å². The predicted octanol–water partition coefficient (Wildman–Crippen LogP) is 3.50. The Labute approximate surface area is 151 Å². The molecule has 1 aliphatic rings. The molecule has 3 rings (SSSR count). The molecule has 9 heteroatoms. The van der Waals surface area contributed by atoms with Gasteiger partial charge in [-0.2, -0.15) is 13.2 Å². The van der Waals surface area contributed by atoms with Gasteiger partial charge in [-0.25, -0.2) is 4.98 Å². The number of alkyl halides is 3. The van der Waals surface area contributed by atoms with Crippen LogP contribution in [0.1, 0.15) is 30.6 Å². The fourth-order valence-corrected chi connectivity index (χ4v) is 3.87. The van der Waals surface area contributed by atoms with Gasteiger partial charge in [-0.15, -0.1) is 0 Å². The topological polar surface area (TPSA) is 64.0 Å². The molecule has 2 aromatic rings. The highest BCUT2D eigenvalue weighted by molar-refractivity contribution is 7.99. The van der Waals surface area contributed by atoms with Crippen molar-refractivity contribution in [3.63, 3.8) is 0 Å². The van der Waals surface area contributed by atoms with E-state index >= 15 is 0 Å². The highest BCUT2D eigenvalue weighted by Crippen LogP contribution is 2.33. The monoisotopic (exact) mass is 383 g/mol. The molecule has 5 nitrogen and oxygen atoms in total. The number of benzene rings is 1. The number of carbonyl (C=O) groups excluding carboxylic acids is 1. The molecule has 0 spiro atoms. The summed E-state index contributed by atoms with van der Waals surface area (Å²) in [4.78, 5) is 28.9. The van der Waals surface area contributed by atoms with E-state index in [1.807, 2.05) is 6.92 Å². The first kappa shape index (κ1) is 18.5. The molecule has 0 radical (unpaired) electrons. The summed E-state index contributed by atoms with van der Waals surface area (Å²) in [5, 5.41) is 3.17. The third-order valence-electron chi connectivity index (χ3n) is 4.02. The van der Waals surface area contributed by atoms with Gasteiger partial charge < -0.3 is 5.32 Å². The summed E-state index contributed by atoms with van der Waals surface area (Å²) < 4.78 is 39.2. The number of amides is 1. The SMILES string of the molecule is CCc1cc(=O)n2c(n1)SCC2CC(=O)Nc1ccc(C(F)(F)F)cc1. The Morgan fingerprint density at radius 3 is 2.65 bits per heavy atom. The smallest absolute Gasteiger partial charge is 0.326 e. The Bertz CT molecular complexity index is 878. The molecule has 2 heterocycles. The van der Waals surface area contributed by atoms with Crippen LogP contribution < -0.4 is 10.9 Å². The van der Waals surface area contributed by atoms with Crippen molar-refractivity contribution < 1.29 is 18.0 Å². The van der Waals surface area contributed by atoms with Crippen LogP contribution in [-0.2, 0) is 17.4 Å². The number of hydrogen-bond acceptors (Lipinski definition) is 4. The summed E-state index contributed by atoms with van der Waals surface area (Å²) in [5.41, 5.74) is 0.0226. The molecular weight excluding hydrogens is 367 g/mol. The van der Waals surface area contributed by atoms with Crippen molar-refractivity contribution in [1.82, 2.24) is 9.55 Å². The van der Waals surface area contributed by atoms with Gasteiger partial charge in [0.05, 0.1) is 11.6 Å². The van der Waals surface area contributed by atoms with Crippen molar-refractivity contribution in [1.29, 1.82) is 0 Å². The van der Waals surface area contributed by atoms with Crippen LogP contribution in [0.3, 0.4) is 0 Å². The summed E-state index contributed by atoms with van der Waals surface area (Å²) in [5.74, 6) is 0.185. The van der Waals surface area contributed by atoms with E-state index in [0.717, 1.165) is 12.1 Å². The number of aryl methyl sites for hydroxylation is 1. The van der Waals surface area contributed by atoms with Crippen LogP contribution in [-0.4, -0.2) is 21.2 Å². The maximum atomic E-state index is 12.6. The van der Waals surface area contributed by atoms with Gasteiger partial charge >= 0.3 is 6.18 Å². The zero-order chi connectivity index (χ0) is 18.9. The standard InChI is InChI=1S/C17H16F3N3O2S/c1-2-11-7-15(25)23-13(9-26-16(23)22-11)8-14(24)21-12-5-3-10(4-6-12)17(18,19)20/h3-7,13H,2,8-9H2,1H3,(H,21,24). The highest BCUT2D eigenvalue weighted by atomic mass is 32.2. The van der Waals surface area contributed by atoms with Crippen LogP contribution >= 0.6 is 11.8 Å². The van der Waals surface area contributed by atoms with Crippen molar-refractivity contribution in [3.05, 3.63) is 51.9 Å². The summed E-state index contributed by atoms with van der Waals surface area (Å²) in [6, 6.07) is 5.39. The zero-order valence-electron chi connectivity index (χ0n) is 13.8. The second-order valence-electron chi connectivity index (χ2n) is 5.88. The lowest BCUT2D eigenvalue weighted by atomic mass is 10.2. The first-order chi connectivity index (χ1) is 12.3. The molecule has 0 aliphatic carbocycles. The van der Waals surface area contributed by atoms with E-state index in [-0.39, 0.29) is 29.6 Å².